The molecule has 0 saturated carbocycles. The van der Waals surface area contributed by atoms with E-state index in [9.17, 15) is 5.11 Å². The third kappa shape index (κ3) is 1.88. The third-order valence-electron chi connectivity index (χ3n) is 3.97. The Kier molecular flexibility index (Phi) is 3.35. The molecule has 0 bridgehead atoms. The molecule has 0 unspecified atom stereocenters. The summed E-state index contributed by atoms with van der Waals surface area (Å²) in [4.78, 5) is 10.7. The number of rotatable bonds is 2. The maximum absolute atomic E-state index is 9.39. The van der Waals surface area contributed by atoms with Crippen LogP contribution in [0.1, 0.15) is 0 Å². The molecule has 20 heavy (non-hydrogen) atoms. The average Bonchev–Trinajstić information content (AvgIpc) is 3.12. The summed E-state index contributed by atoms with van der Waals surface area (Å²) in [5.41, 5.74) is 5.97. The van der Waals surface area contributed by atoms with Gasteiger partial charge in [-0.05, 0) is 0 Å². The number of nitrogens with two attached hydrogens (primary N) is 1. The van der Waals surface area contributed by atoms with Crippen LogP contribution in [-0.2, 0) is 10.9 Å². The molecule has 0 aliphatic carbocycles. The van der Waals surface area contributed by atoms with Crippen molar-refractivity contribution in [3.05, 3.63) is 0 Å². The van der Waals surface area contributed by atoms with E-state index in [0.717, 1.165) is 0 Å². The Morgan fingerprint density at radius 3 is 3.05 bits per heavy atom. The Morgan fingerprint density at radius 2 is 2.20 bits per heavy atom. The van der Waals surface area contributed by atoms with Crippen LogP contribution >= 0.6 is 0 Å². The molecule has 0 amide bonds. The minimum atomic E-state index is -1.26. The molecule has 4 rings (SSSR count). The summed E-state index contributed by atoms with van der Waals surface area (Å²) in [7, 11) is 0. The van der Waals surface area contributed by atoms with Gasteiger partial charge in [-0.15, -0.1) is 0 Å². The third-order valence-corrected chi connectivity index (χ3v) is 6.08. The summed E-state index contributed by atoms with van der Waals surface area (Å²) < 4.78 is 17.3. The van der Waals surface area contributed by atoms with Gasteiger partial charge in [-0.3, -0.25) is 0 Å². The molecule has 2 fully saturated rings. The molecular formula is C10H15N5O4Sn. The Balaban J connectivity index is 1.58. The molecule has 0 aromatic rings. The summed E-state index contributed by atoms with van der Waals surface area (Å²) >= 11 is -1.26. The Hall–Kier alpha value is -0.461. The molecule has 4 aliphatic rings. The predicted molar refractivity (Wildman–Crippen MR) is 68.8 cm³/mol. The molecule has 0 aromatic carbocycles. The van der Waals surface area contributed by atoms with Crippen molar-refractivity contribution in [2.75, 3.05) is 6.61 Å². The quantitative estimate of drug-likeness (QED) is 0.432. The number of aliphatic hydroxyl groups excluding tert-OH is 1. The normalized spacial score (nSPS) is 49.3. The van der Waals surface area contributed by atoms with E-state index in [2.05, 4.69) is 15.3 Å². The van der Waals surface area contributed by atoms with Gasteiger partial charge in [0.1, 0.15) is 0 Å². The number of hydrogen-bond donors (Lipinski definition) is 3. The van der Waals surface area contributed by atoms with E-state index in [0.29, 0.717) is 0 Å². The summed E-state index contributed by atoms with van der Waals surface area (Å²) in [5.74, 6) is 0. The van der Waals surface area contributed by atoms with Gasteiger partial charge in [-0.2, -0.15) is 0 Å². The summed E-state index contributed by atoms with van der Waals surface area (Å²) in [6.07, 6.45) is 1.83. The average molecular weight is 388 g/mol. The number of ether oxygens (including phenoxy) is 1. The minimum absolute atomic E-state index is 0.0795. The number of fused-ring (bicyclic) bond motifs is 2. The molecule has 0 aromatic heterocycles. The SMILES string of the molecule is N[C@@H]1NC=N[C@@H]2[C@@H]1N=CN2[C@@H]1O[C@H](CO)[C@H]2[O][Sn][O][C@@H]21. The number of nitrogens with zero attached hydrogens (tertiary/aromatic N) is 3. The molecule has 2 saturated heterocycles. The van der Waals surface area contributed by atoms with E-state index in [1.807, 2.05) is 4.90 Å². The van der Waals surface area contributed by atoms with Crippen molar-refractivity contribution in [1.29, 1.82) is 0 Å². The Bertz CT molecular complexity index is 451. The van der Waals surface area contributed by atoms with Crippen molar-refractivity contribution in [3.63, 3.8) is 0 Å². The molecule has 10 heteroatoms. The van der Waals surface area contributed by atoms with Crippen molar-refractivity contribution in [3.8, 4) is 0 Å². The van der Waals surface area contributed by atoms with Gasteiger partial charge >= 0.3 is 126 Å². The van der Waals surface area contributed by atoms with Crippen molar-refractivity contribution in [2.24, 2.45) is 15.7 Å². The van der Waals surface area contributed by atoms with Gasteiger partial charge in [0.15, 0.2) is 0 Å². The number of aliphatic imine (C=N–C) groups is 2. The summed E-state index contributed by atoms with van der Waals surface area (Å²) in [5, 5.41) is 12.3. The number of hydrogen-bond acceptors (Lipinski definition) is 9. The van der Waals surface area contributed by atoms with Crippen molar-refractivity contribution < 1.29 is 16.0 Å². The molecule has 7 atom stereocenters. The van der Waals surface area contributed by atoms with Crippen LogP contribution in [0.3, 0.4) is 0 Å². The first-order chi connectivity index (χ1) is 9.79. The Morgan fingerprint density at radius 1 is 1.35 bits per heavy atom. The van der Waals surface area contributed by atoms with Crippen LogP contribution < -0.4 is 11.1 Å². The zero-order valence-electron chi connectivity index (χ0n) is 10.5. The van der Waals surface area contributed by atoms with Gasteiger partial charge in [-0.1, -0.05) is 0 Å². The predicted octanol–water partition coefficient (Wildman–Crippen LogP) is -3.02. The van der Waals surface area contributed by atoms with Crippen LogP contribution in [0, 0.1) is 0 Å². The topological polar surface area (TPSA) is 114 Å². The van der Waals surface area contributed by atoms with Gasteiger partial charge in [-0.25, -0.2) is 0 Å². The Labute approximate surface area is 126 Å². The second kappa shape index (κ2) is 5.07. The number of aliphatic hydroxyl groups is 1. The molecule has 2 radical (unpaired) electrons. The van der Waals surface area contributed by atoms with Crippen molar-refractivity contribution in [2.45, 2.75) is 42.9 Å². The van der Waals surface area contributed by atoms with Gasteiger partial charge < -0.3 is 0 Å². The van der Waals surface area contributed by atoms with Gasteiger partial charge in [0.25, 0.3) is 0 Å². The number of nitrogens with one attached hydrogen (secondary N) is 1. The van der Waals surface area contributed by atoms with Crippen LogP contribution in [0.25, 0.3) is 0 Å². The van der Waals surface area contributed by atoms with Crippen LogP contribution in [-0.4, -0.2) is 94.2 Å². The zero-order chi connectivity index (χ0) is 13.7. The van der Waals surface area contributed by atoms with E-state index in [1.165, 1.54) is 0 Å². The second-order valence-corrected chi connectivity index (χ2v) is 6.90. The van der Waals surface area contributed by atoms with E-state index >= 15 is 0 Å². The molecule has 4 heterocycles. The van der Waals surface area contributed by atoms with Gasteiger partial charge in [0.2, 0.25) is 0 Å². The first-order valence-electron chi connectivity index (χ1n) is 6.46. The fraction of sp³-hybridized carbons (Fsp3) is 0.800. The first-order valence-corrected chi connectivity index (χ1v) is 8.79. The van der Waals surface area contributed by atoms with E-state index in [1.54, 1.807) is 12.7 Å². The van der Waals surface area contributed by atoms with Crippen molar-refractivity contribution >= 4 is 34.6 Å². The first kappa shape index (κ1) is 13.2. The standard InChI is InChI=1S/C10H15N5O4.Sn/c11-8-5-9(13-2-12-8)15(3-14-5)10-7(18)6(17)4(1-16)19-10;/h2-10,16H,1,11H2,(H,12,13);/q-2;+2/t4-,5-,6-,7+,8-,9+,10-;/m1./s1. The monoisotopic (exact) mass is 389 g/mol. The summed E-state index contributed by atoms with van der Waals surface area (Å²) in [6.45, 7) is -0.0795. The molecule has 9 nitrogen and oxygen atoms in total. The van der Waals surface area contributed by atoms with Gasteiger partial charge in [0, 0.05) is 0 Å². The van der Waals surface area contributed by atoms with Gasteiger partial charge in [0.05, 0.1) is 0 Å². The molecule has 4 N–H and O–H groups in total. The fourth-order valence-electron chi connectivity index (χ4n) is 2.94. The van der Waals surface area contributed by atoms with E-state index in [4.69, 9.17) is 16.6 Å². The second-order valence-electron chi connectivity index (χ2n) is 5.08. The van der Waals surface area contributed by atoms with E-state index < -0.39 is 22.0 Å². The molecule has 4 aliphatic heterocycles. The van der Waals surface area contributed by atoms with Crippen LogP contribution in [0.2, 0.25) is 0 Å². The maximum atomic E-state index is 9.39. The molecule has 0 spiro atoms. The summed E-state index contributed by atoms with van der Waals surface area (Å²) in [6, 6.07) is -0.141. The zero-order valence-corrected chi connectivity index (χ0v) is 13.3. The molecule has 108 valence electrons. The molecular weight excluding hydrogens is 373 g/mol. The van der Waals surface area contributed by atoms with E-state index in [-0.39, 0.29) is 49.5 Å². The van der Waals surface area contributed by atoms with Crippen LogP contribution in [0.4, 0.5) is 0 Å². The van der Waals surface area contributed by atoms with Crippen LogP contribution in [0.5, 0.6) is 0 Å². The fourth-order valence-corrected chi connectivity index (χ4v) is 5.26. The van der Waals surface area contributed by atoms with Crippen LogP contribution in [0.15, 0.2) is 9.98 Å². The van der Waals surface area contributed by atoms with Crippen molar-refractivity contribution in [1.82, 2.24) is 10.2 Å².